The van der Waals surface area contributed by atoms with Crippen molar-refractivity contribution in [2.24, 2.45) is 17.0 Å². The number of phenolic OH excluding ortho intramolecular Hbond substituents is 2. The van der Waals surface area contributed by atoms with Crippen molar-refractivity contribution in [2.45, 2.75) is 39.2 Å². The Kier molecular flexibility index (Phi) is 7.72. The lowest BCUT2D eigenvalue weighted by Gasteiger charge is -2.23. The third-order valence-electron chi connectivity index (χ3n) is 4.90. The summed E-state index contributed by atoms with van der Waals surface area (Å²) in [5.41, 5.74) is 2.33. The largest absolute Gasteiger partial charge is 0.507 e. The van der Waals surface area contributed by atoms with E-state index in [1.165, 1.54) is 13.2 Å². The van der Waals surface area contributed by atoms with Gasteiger partial charge in [-0.15, -0.1) is 0 Å². The number of aromatic hydroxyl groups is 2. The van der Waals surface area contributed by atoms with Gasteiger partial charge in [0, 0.05) is 18.1 Å². The molecule has 2 unspecified atom stereocenters. The van der Waals surface area contributed by atoms with Crippen LogP contribution in [-0.4, -0.2) is 34.2 Å². The molecule has 0 saturated heterocycles. The van der Waals surface area contributed by atoms with Crippen molar-refractivity contribution in [3.05, 3.63) is 53.1 Å². The summed E-state index contributed by atoms with van der Waals surface area (Å²) in [6.45, 7) is 8.24. The van der Waals surface area contributed by atoms with E-state index in [1.54, 1.807) is 24.3 Å². The molecule has 0 saturated carbocycles. The lowest BCUT2D eigenvalue weighted by Crippen LogP contribution is -2.18. The summed E-state index contributed by atoms with van der Waals surface area (Å²) >= 11 is 6.37. The van der Waals surface area contributed by atoms with Crippen molar-refractivity contribution < 1.29 is 20.2 Å². The average molecular weight is 406 g/mol. The number of halogens is 1. The number of oxime groups is 1. The van der Waals surface area contributed by atoms with E-state index in [4.69, 9.17) is 16.4 Å². The van der Waals surface area contributed by atoms with Crippen LogP contribution in [0.2, 0.25) is 5.02 Å². The number of aliphatic hydroxyl groups is 1. The van der Waals surface area contributed by atoms with Crippen LogP contribution < -0.4 is 0 Å². The third-order valence-corrected chi connectivity index (χ3v) is 5.32. The number of benzene rings is 1. The molecule has 28 heavy (non-hydrogen) atoms. The van der Waals surface area contributed by atoms with Gasteiger partial charge in [-0.2, -0.15) is 0 Å². The quantitative estimate of drug-likeness (QED) is 0.583. The molecule has 0 aliphatic heterocycles. The molecule has 0 aromatic heterocycles. The summed E-state index contributed by atoms with van der Waals surface area (Å²) in [6, 6.07) is 1.23. The molecule has 1 aromatic rings. The Balaban J connectivity index is 2.59. The van der Waals surface area contributed by atoms with E-state index in [0.29, 0.717) is 23.3 Å². The van der Waals surface area contributed by atoms with Crippen LogP contribution in [0.25, 0.3) is 5.57 Å². The highest BCUT2D eigenvalue weighted by atomic mass is 35.5. The zero-order chi connectivity index (χ0) is 20.8. The third kappa shape index (κ3) is 5.40. The summed E-state index contributed by atoms with van der Waals surface area (Å²) in [5.74, 6) is 0.0298. The van der Waals surface area contributed by atoms with Gasteiger partial charge in [0.15, 0.2) is 0 Å². The van der Waals surface area contributed by atoms with Gasteiger partial charge in [-0.3, -0.25) is 0 Å². The maximum absolute atomic E-state index is 10.5. The van der Waals surface area contributed by atoms with Gasteiger partial charge in [0.25, 0.3) is 0 Å². The molecule has 0 amide bonds. The molecule has 5 nitrogen and oxygen atoms in total. The normalized spacial score (nSPS) is 27.7. The first-order valence-electron chi connectivity index (χ1n) is 9.29. The van der Waals surface area contributed by atoms with E-state index in [0.717, 1.165) is 12.0 Å². The average Bonchev–Trinajstić information content (AvgIpc) is 2.61. The molecule has 6 heteroatoms. The van der Waals surface area contributed by atoms with Crippen molar-refractivity contribution in [3.63, 3.8) is 0 Å². The smallest absolute Gasteiger partial charge is 0.138 e. The van der Waals surface area contributed by atoms with Crippen LogP contribution in [-0.2, 0) is 11.3 Å². The highest BCUT2D eigenvalue weighted by Crippen LogP contribution is 2.41. The number of hydrogen-bond acceptors (Lipinski definition) is 5. The van der Waals surface area contributed by atoms with Crippen LogP contribution in [0.5, 0.6) is 11.5 Å². The van der Waals surface area contributed by atoms with Crippen LogP contribution in [0.3, 0.4) is 0 Å². The Morgan fingerprint density at radius 2 is 1.93 bits per heavy atom. The lowest BCUT2D eigenvalue weighted by atomic mass is 9.85. The minimum atomic E-state index is -0.557. The minimum Gasteiger partial charge on any atom is -0.507 e. The van der Waals surface area contributed by atoms with Gasteiger partial charge in [-0.1, -0.05) is 55.4 Å². The van der Waals surface area contributed by atoms with E-state index >= 15 is 0 Å². The summed E-state index contributed by atoms with van der Waals surface area (Å²) in [5, 5.41) is 35.1. The molecule has 0 fully saturated rings. The van der Waals surface area contributed by atoms with Crippen molar-refractivity contribution in [1.82, 2.24) is 0 Å². The predicted octanol–water partition coefficient (Wildman–Crippen LogP) is 4.85. The highest BCUT2D eigenvalue weighted by molar-refractivity contribution is 6.33. The molecular formula is C22H28ClNO4. The standard InChI is InChI=1S/C22H28ClNO4/c1-13-9-14(2)18(25)8-6-5-7-16(24-28-4)11-17-21(15(3)10-13)19(26)12-20(27)22(17)23/h5-8,12-14,18,25-27H,3,9-11H2,1-2,4H3/b7-5+,8-6-,24-16+/t13-,14?,18?/m1/s1. The number of nitrogens with zero attached hydrogens (tertiary/aromatic N) is 1. The number of phenols is 2. The van der Waals surface area contributed by atoms with Crippen molar-refractivity contribution in [2.75, 3.05) is 7.11 Å². The SMILES string of the molecule is C=C1C[C@H](C)CC(C)C(O)\C=C/C=C/C(=N\OC)Cc2c(Cl)c(O)cc(O)c21. The number of rotatable bonds is 1. The van der Waals surface area contributed by atoms with Gasteiger partial charge in [0.2, 0.25) is 0 Å². The van der Waals surface area contributed by atoms with Gasteiger partial charge < -0.3 is 20.2 Å². The summed E-state index contributed by atoms with van der Waals surface area (Å²) < 4.78 is 0. The highest BCUT2D eigenvalue weighted by Gasteiger charge is 2.22. The monoisotopic (exact) mass is 405 g/mol. The molecule has 1 aromatic carbocycles. The molecule has 0 spiro atoms. The fourth-order valence-corrected chi connectivity index (χ4v) is 3.79. The van der Waals surface area contributed by atoms with Gasteiger partial charge in [0.05, 0.1) is 16.8 Å². The number of hydrogen-bond donors (Lipinski definition) is 3. The van der Waals surface area contributed by atoms with Crippen LogP contribution in [0.15, 0.2) is 42.1 Å². The van der Waals surface area contributed by atoms with Gasteiger partial charge in [0.1, 0.15) is 18.6 Å². The Morgan fingerprint density at radius 3 is 2.61 bits per heavy atom. The summed E-state index contributed by atoms with van der Waals surface area (Å²) in [7, 11) is 1.44. The Morgan fingerprint density at radius 1 is 1.21 bits per heavy atom. The second kappa shape index (κ2) is 9.80. The van der Waals surface area contributed by atoms with E-state index < -0.39 is 6.10 Å². The number of allylic oxidation sites excluding steroid dienone is 4. The van der Waals surface area contributed by atoms with E-state index in [1.807, 2.05) is 6.92 Å². The van der Waals surface area contributed by atoms with Crippen LogP contribution in [0.4, 0.5) is 0 Å². The number of aliphatic hydroxyl groups excluding tert-OH is 1. The lowest BCUT2D eigenvalue weighted by molar-refractivity contribution is 0.146. The molecule has 0 bridgehead atoms. The molecule has 1 aliphatic rings. The molecule has 152 valence electrons. The Bertz CT molecular complexity index is 813. The molecule has 1 aliphatic carbocycles. The second-order valence-corrected chi connectivity index (χ2v) is 7.76. The zero-order valence-corrected chi connectivity index (χ0v) is 17.3. The molecule has 0 heterocycles. The second-order valence-electron chi connectivity index (χ2n) is 7.38. The summed E-state index contributed by atoms with van der Waals surface area (Å²) in [6.07, 6.45) is 8.10. The zero-order valence-electron chi connectivity index (χ0n) is 16.5. The van der Waals surface area contributed by atoms with E-state index in [9.17, 15) is 15.3 Å². The summed E-state index contributed by atoms with van der Waals surface area (Å²) in [4.78, 5) is 4.92. The van der Waals surface area contributed by atoms with Crippen LogP contribution >= 0.6 is 11.6 Å². The Hall–Kier alpha value is -2.24. The van der Waals surface area contributed by atoms with Crippen LogP contribution in [0, 0.1) is 11.8 Å². The van der Waals surface area contributed by atoms with E-state index in [-0.39, 0.29) is 34.8 Å². The molecular weight excluding hydrogens is 378 g/mol. The first-order valence-corrected chi connectivity index (χ1v) is 9.66. The predicted molar refractivity (Wildman–Crippen MR) is 114 cm³/mol. The molecule has 2 rings (SSSR count). The van der Waals surface area contributed by atoms with Crippen molar-refractivity contribution in [1.29, 1.82) is 0 Å². The molecule has 3 N–H and O–H groups in total. The van der Waals surface area contributed by atoms with Crippen molar-refractivity contribution >= 4 is 22.9 Å². The fraction of sp³-hybridized carbons (Fsp3) is 0.409. The Labute approximate surface area is 171 Å². The minimum absolute atomic E-state index is 0.0685. The number of fused-ring (bicyclic) bond motifs is 1. The maximum Gasteiger partial charge on any atom is 0.138 e. The van der Waals surface area contributed by atoms with Crippen LogP contribution in [0.1, 0.15) is 37.8 Å². The van der Waals surface area contributed by atoms with Gasteiger partial charge in [-0.05, 0) is 41.9 Å². The van der Waals surface area contributed by atoms with Gasteiger partial charge in [-0.25, -0.2) is 0 Å². The van der Waals surface area contributed by atoms with Gasteiger partial charge >= 0.3 is 0 Å². The first-order chi connectivity index (χ1) is 13.2. The first kappa shape index (κ1) is 22.1. The van der Waals surface area contributed by atoms with Crippen molar-refractivity contribution in [3.8, 4) is 11.5 Å². The van der Waals surface area contributed by atoms with E-state index in [2.05, 4.69) is 18.7 Å². The molecule has 3 atom stereocenters. The topological polar surface area (TPSA) is 82.3 Å². The molecule has 0 radical (unpaired) electrons. The fourth-order valence-electron chi connectivity index (χ4n) is 3.58. The maximum atomic E-state index is 10.5.